The first-order valence-electron chi connectivity index (χ1n) is 11.5. The van der Waals surface area contributed by atoms with Gasteiger partial charge in [-0.25, -0.2) is 23.4 Å². The zero-order chi connectivity index (χ0) is 25.1. The van der Waals surface area contributed by atoms with E-state index in [-0.39, 0.29) is 18.3 Å². The predicted molar refractivity (Wildman–Crippen MR) is 135 cm³/mol. The smallest absolute Gasteiger partial charge is 0.249 e. The number of pyridine rings is 2. The Kier molecular flexibility index (Phi) is 5.11. The molecule has 1 saturated heterocycles. The highest BCUT2D eigenvalue weighted by Crippen LogP contribution is 2.57. The van der Waals surface area contributed by atoms with Crippen LogP contribution >= 0.6 is 11.6 Å². The summed E-state index contributed by atoms with van der Waals surface area (Å²) >= 11 is 6.29. The zero-order valence-electron chi connectivity index (χ0n) is 19.4. The molecule has 4 aromatic rings. The van der Waals surface area contributed by atoms with Crippen LogP contribution in [0, 0.1) is 5.41 Å². The highest BCUT2D eigenvalue weighted by atomic mass is 35.5. The number of anilines is 4. The molecule has 1 spiro atoms. The van der Waals surface area contributed by atoms with Crippen molar-refractivity contribution in [1.29, 1.82) is 0 Å². The molecule has 3 N–H and O–H groups in total. The zero-order valence-corrected chi connectivity index (χ0v) is 20.2. The standard InChI is InChI=1S/C25H23ClF2N8/c1-35-23(32-17-5-2-15(3-6-17)18-8-9-30-21(29)20(18)26)33-22(34-35)16-4-7-19(31-10-16)36-13-24(14-36)11-25(27,28)12-24/h2-10H,11-14H2,1H3,(H2,29,30)(H,32,33,34). The van der Waals surface area contributed by atoms with Gasteiger partial charge in [-0.2, -0.15) is 4.98 Å². The maximum atomic E-state index is 13.2. The van der Waals surface area contributed by atoms with E-state index in [1.807, 2.05) is 54.4 Å². The van der Waals surface area contributed by atoms with Gasteiger partial charge < -0.3 is 16.0 Å². The SMILES string of the molecule is Cn1nc(-c2ccc(N3CC4(C3)CC(F)(F)C4)nc2)nc1Nc1ccc(-c2ccnc(N)c2Cl)cc1. The largest absolute Gasteiger partial charge is 0.382 e. The Morgan fingerprint density at radius 1 is 1.00 bits per heavy atom. The van der Waals surface area contributed by atoms with Crippen LogP contribution < -0.4 is 16.0 Å². The fourth-order valence-corrected chi connectivity index (χ4v) is 5.28. The second-order valence-electron chi connectivity index (χ2n) is 9.61. The van der Waals surface area contributed by atoms with E-state index in [9.17, 15) is 8.78 Å². The van der Waals surface area contributed by atoms with Crippen molar-refractivity contribution in [3.05, 3.63) is 59.9 Å². The van der Waals surface area contributed by atoms with Gasteiger partial charge in [-0.1, -0.05) is 23.7 Å². The van der Waals surface area contributed by atoms with Crippen LogP contribution in [0.5, 0.6) is 0 Å². The second-order valence-corrected chi connectivity index (χ2v) is 9.99. The number of alkyl halides is 2. The molecule has 0 bridgehead atoms. The third-order valence-corrected chi connectivity index (χ3v) is 7.18. The Labute approximate surface area is 211 Å². The van der Waals surface area contributed by atoms with Crippen LogP contribution in [0.4, 0.5) is 32.1 Å². The summed E-state index contributed by atoms with van der Waals surface area (Å²) in [6.07, 6.45) is 3.31. The Hall–Kier alpha value is -3.79. The summed E-state index contributed by atoms with van der Waals surface area (Å²) in [5.74, 6) is -0.312. The number of halogens is 3. The minimum atomic E-state index is -2.50. The molecule has 1 saturated carbocycles. The van der Waals surface area contributed by atoms with Crippen molar-refractivity contribution in [2.24, 2.45) is 12.5 Å². The summed E-state index contributed by atoms with van der Waals surface area (Å²) in [4.78, 5) is 15.2. The van der Waals surface area contributed by atoms with Gasteiger partial charge in [0.05, 0.1) is 5.02 Å². The lowest BCUT2D eigenvalue weighted by Crippen LogP contribution is -2.66. The van der Waals surface area contributed by atoms with Crippen molar-refractivity contribution in [3.63, 3.8) is 0 Å². The Morgan fingerprint density at radius 3 is 2.39 bits per heavy atom. The molecule has 2 aliphatic rings. The van der Waals surface area contributed by atoms with Crippen LogP contribution in [0.15, 0.2) is 54.9 Å². The average molecular weight is 509 g/mol. The van der Waals surface area contributed by atoms with Crippen LogP contribution in [0.3, 0.4) is 0 Å². The van der Waals surface area contributed by atoms with Crippen molar-refractivity contribution in [3.8, 4) is 22.5 Å². The summed E-state index contributed by atoms with van der Waals surface area (Å²) in [6.45, 7) is 1.26. The van der Waals surface area contributed by atoms with Crippen molar-refractivity contribution < 1.29 is 8.78 Å². The minimum absolute atomic E-state index is 0.0168. The Balaban J connectivity index is 1.13. The van der Waals surface area contributed by atoms with E-state index >= 15 is 0 Å². The van der Waals surface area contributed by atoms with Crippen molar-refractivity contribution in [2.75, 3.05) is 29.0 Å². The van der Waals surface area contributed by atoms with Crippen LogP contribution in [-0.4, -0.2) is 43.7 Å². The van der Waals surface area contributed by atoms with Gasteiger partial charge in [-0.15, -0.1) is 5.10 Å². The third-order valence-electron chi connectivity index (χ3n) is 6.78. The van der Waals surface area contributed by atoms with E-state index in [1.165, 1.54) is 0 Å². The van der Waals surface area contributed by atoms with Crippen LogP contribution in [0.1, 0.15) is 12.8 Å². The quantitative estimate of drug-likeness (QED) is 0.384. The first-order chi connectivity index (χ1) is 17.2. The van der Waals surface area contributed by atoms with Crippen molar-refractivity contribution >= 4 is 34.9 Å². The molecule has 0 radical (unpaired) electrons. The van der Waals surface area contributed by atoms with E-state index in [1.54, 1.807) is 17.1 Å². The fraction of sp³-hybridized carbons (Fsp3) is 0.280. The monoisotopic (exact) mass is 508 g/mol. The predicted octanol–water partition coefficient (Wildman–Crippen LogP) is 5.15. The molecule has 0 atom stereocenters. The van der Waals surface area contributed by atoms with Crippen molar-refractivity contribution in [1.82, 2.24) is 24.7 Å². The van der Waals surface area contributed by atoms with Crippen LogP contribution in [-0.2, 0) is 7.05 Å². The molecule has 0 amide bonds. The van der Waals surface area contributed by atoms with Gasteiger partial charge in [0.15, 0.2) is 5.82 Å². The number of rotatable bonds is 5. The lowest BCUT2D eigenvalue weighted by Gasteiger charge is -2.59. The van der Waals surface area contributed by atoms with Gasteiger partial charge in [0.2, 0.25) is 11.9 Å². The van der Waals surface area contributed by atoms with Gasteiger partial charge in [-0.3, -0.25) is 0 Å². The molecular weight excluding hydrogens is 486 g/mol. The highest BCUT2D eigenvalue weighted by molar-refractivity contribution is 6.35. The van der Waals surface area contributed by atoms with E-state index in [4.69, 9.17) is 17.3 Å². The molecular formula is C25H23ClF2N8. The molecule has 1 aliphatic heterocycles. The summed E-state index contributed by atoms with van der Waals surface area (Å²) < 4.78 is 28.2. The van der Waals surface area contributed by atoms with E-state index < -0.39 is 5.92 Å². The highest BCUT2D eigenvalue weighted by Gasteiger charge is 2.61. The topological polar surface area (TPSA) is 97.8 Å². The molecule has 0 unspecified atom stereocenters. The molecule has 6 rings (SSSR count). The van der Waals surface area contributed by atoms with E-state index in [0.717, 1.165) is 28.2 Å². The first-order valence-corrected chi connectivity index (χ1v) is 11.9. The number of hydrogen-bond acceptors (Lipinski definition) is 7. The number of nitrogens with zero attached hydrogens (tertiary/aromatic N) is 6. The lowest BCUT2D eigenvalue weighted by molar-refractivity contribution is -0.170. The summed E-state index contributed by atoms with van der Waals surface area (Å²) in [5.41, 5.74) is 8.92. The molecule has 11 heteroatoms. The number of hydrogen-bond donors (Lipinski definition) is 2. The van der Waals surface area contributed by atoms with Crippen molar-refractivity contribution in [2.45, 2.75) is 18.8 Å². The molecule has 1 aromatic carbocycles. The molecule has 4 heterocycles. The lowest BCUT2D eigenvalue weighted by atomic mass is 9.61. The molecule has 8 nitrogen and oxygen atoms in total. The Bertz CT molecular complexity index is 1420. The number of aromatic nitrogens is 5. The molecule has 36 heavy (non-hydrogen) atoms. The van der Waals surface area contributed by atoms with Gasteiger partial charge in [0, 0.05) is 67.6 Å². The number of nitrogens with one attached hydrogen (secondary N) is 1. The van der Waals surface area contributed by atoms with Gasteiger partial charge >= 0.3 is 0 Å². The van der Waals surface area contributed by atoms with Gasteiger partial charge in [0.25, 0.3) is 0 Å². The number of nitrogens with two attached hydrogens (primary N) is 1. The van der Waals surface area contributed by atoms with E-state index in [2.05, 4.69) is 25.4 Å². The molecule has 1 aliphatic carbocycles. The molecule has 2 fully saturated rings. The van der Waals surface area contributed by atoms with E-state index in [0.29, 0.717) is 35.7 Å². The number of aryl methyl sites for hydroxylation is 1. The molecule has 184 valence electrons. The third kappa shape index (κ3) is 4.01. The minimum Gasteiger partial charge on any atom is -0.382 e. The normalized spacial score (nSPS) is 17.5. The summed E-state index contributed by atoms with van der Waals surface area (Å²) in [7, 11) is 1.81. The van der Waals surface area contributed by atoms with Gasteiger partial charge in [0.1, 0.15) is 11.6 Å². The molecule has 3 aromatic heterocycles. The summed E-state index contributed by atoms with van der Waals surface area (Å²) in [6, 6.07) is 13.3. The number of nitrogen functional groups attached to an aromatic ring is 1. The summed E-state index contributed by atoms with van der Waals surface area (Å²) in [5, 5.41) is 8.20. The van der Waals surface area contributed by atoms with Gasteiger partial charge in [-0.05, 0) is 35.9 Å². The second kappa shape index (κ2) is 8.12. The first kappa shape index (κ1) is 22.7. The maximum Gasteiger partial charge on any atom is 0.249 e. The maximum absolute atomic E-state index is 13.2. The van der Waals surface area contributed by atoms with Crippen LogP contribution in [0.2, 0.25) is 5.02 Å². The average Bonchev–Trinajstić information content (AvgIpc) is 3.18. The fourth-order valence-electron chi connectivity index (χ4n) is 5.06. The number of benzene rings is 1. The van der Waals surface area contributed by atoms with Crippen LogP contribution in [0.25, 0.3) is 22.5 Å². The Morgan fingerprint density at radius 2 is 1.72 bits per heavy atom.